The molecule has 2 N–H and O–H groups in total. The van der Waals surface area contributed by atoms with Gasteiger partial charge in [-0.05, 0) is 25.2 Å². The first-order valence-electron chi connectivity index (χ1n) is 6.06. The van der Waals surface area contributed by atoms with Gasteiger partial charge >= 0.3 is 0 Å². The molecule has 1 fully saturated rings. The zero-order valence-electron chi connectivity index (χ0n) is 10.6. The zero-order chi connectivity index (χ0) is 11.4. The fraction of sp³-hybridized carbons (Fsp3) is 0.917. The van der Waals surface area contributed by atoms with Gasteiger partial charge in [0.05, 0.1) is 0 Å². The molecular weight excluding hydrogens is 224 g/mol. The molecule has 0 aliphatic carbocycles. The van der Waals surface area contributed by atoms with Gasteiger partial charge in [0.1, 0.15) is 0 Å². The summed E-state index contributed by atoms with van der Waals surface area (Å²) in [5.74, 6) is 0.898. The third-order valence-electron chi connectivity index (χ3n) is 3.18. The maximum Gasteiger partial charge on any atom is 0.226 e. The second-order valence-corrected chi connectivity index (χ2v) is 5.09. The number of carbonyl (C=O) groups is 1. The molecule has 0 saturated carbocycles. The van der Waals surface area contributed by atoms with Crippen LogP contribution < -0.4 is 5.73 Å². The van der Waals surface area contributed by atoms with Crippen molar-refractivity contribution in [1.82, 2.24) is 4.90 Å². The summed E-state index contributed by atoms with van der Waals surface area (Å²) in [6, 6.07) is 0.464. The molecule has 1 heterocycles. The van der Waals surface area contributed by atoms with E-state index in [-0.39, 0.29) is 24.2 Å². The minimum Gasteiger partial charge on any atom is -0.339 e. The summed E-state index contributed by atoms with van der Waals surface area (Å²) in [6.07, 6.45) is 3.45. The molecule has 0 spiro atoms. The van der Waals surface area contributed by atoms with E-state index in [0.29, 0.717) is 18.5 Å². The first-order chi connectivity index (χ1) is 7.06. The van der Waals surface area contributed by atoms with E-state index in [2.05, 4.69) is 18.7 Å². The van der Waals surface area contributed by atoms with Crippen LogP contribution in [0.1, 0.15) is 40.0 Å². The molecular formula is C12H25ClN2O. The van der Waals surface area contributed by atoms with Crippen molar-refractivity contribution in [3.8, 4) is 0 Å². The molecule has 96 valence electrons. The lowest BCUT2D eigenvalue weighted by molar-refractivity contribution is -0.135. The standard InChI is InChI=1S/C12H24N2O.ClH/c1-9(2)7-11-5-4-6-14(11)12(15)10(3)8-13;/h9-11H,4-8,13H2,1-3H3;1H. The van der Waals surface area contributed by atoms with E-state index in [1.807, 2.05) is 6.92 Å². The van der Waals surface area contributed by atoms with Gasteiger partial charge in [0, 0.05) is 25.0 Å². The van der Waals surface area contributed by atoms with Crippen LogP contribution in [0, 0.1) is 11.8 Å². The lowest BCUT2D eigenvalue weighted by atomic mass is 10.0. The molecule has 1 aliphatic heterocycles. The Morgan fingerprint density at radius 1 is 1.44 bits per heavy atom. The van der Waals surface area contributed by atoms with Crippen LogP contribution in [0.2, 0.25) is 0 Å². The zero-order valence-corrected chi connectivity index (χ0v) is 11.4. The monoisotopic (exact) mass is 248 g/mol. The normalized spacial score (nSPS) is 22.1. The molecule has 2 unspecified atom stereocenters. The average Bonchev–Trinajstić information content (AvgIpc) is 2.62. The maximum absolute atomic E-state index is 12.0. The van der Waals surface area contributed by atoms with Gasteiger partial charge < -0.3 is 10.6 Å². The average molecular weight is 249 g/mol. The Labute approximate surface area is 105 Å². The molecule has 0 bridgehead atoms. The third kappa shape index (κ3) is 3.95. The molecule has 0 aromatic carbocycles. The van der Waals surface area contributed by atoms with Crippen molar-refractivity contribution in [2.75, 3.05) is 13.1 Å². The van der Waals surface area contributed by atoms with E-state index in [9.17, 15) is 4.79 Å². The van der Waals surface area contributed by atoms with E-state index in [4.69, 9.17) is 5.73 Å². The predicted octanol–water partition coefficient (Wildman–Crippen LogP) is 2.04. The Hall–Kier alpha value is -0.280. The fourth-order valence-electron chi connectivity index (χ4n) is 2.30. The SMILES string of the molecule is CC(C)CC1CCCN1C(=O)C(C)CN.Cl. The van der Waals surface area contributed by atoms with E-state index >= 15 is 0 Å². The van der Waals surface area contributed by atoms with Gasteiger partial charge in [-0.2, -0.15) is 0 Å². The summed E-state index contributed by atoms with van der Waals surface area (Å²) in [5, 5.41) is 0. The molecule has 3 nitrogen and oxygen atoms in total. The van der Waals surface area contributed by atoms with Gasteiger partial charge in [-0.15, -0.1) is 12.4 Å². The quantitative estimate of drug-likeness (QED) is 0.828. The number of halogens is 1. The van der Waals surface area contributed by atoms with Crippen molar-refractivity contribution in [2.24, 2.45) is 17.6 Å². The lowest BCUT2D eigenvalue weighted by Crippen LogP contribution is -2.41. The number of carbonyl (C=O) groups excluding carboxylic acids is 1. The van der Waals surface area contributed by atoms with Gasteiger partial charge in [0.25, 0.3) is 0 Å². The van der Waals surface area contributed by atoms with Crippen LogP contribution in [-0.4, -0.2) is 29.9 Å². The number of rotatable bonds is 4. The molecule has 16 heavy (non-hydrogen) atoms. The smallest absolute Gasteiger partial charge is 0.226 e. The van der Waals surface area contributed by atoms with Crippen molar-refractivity contribution in [3.05, 3.63) is 0 Å². The van der Waals surface area contributed by atoms with Crippen LogP contribution in [0.4, 0.5) is 0 Å². The Morgan fingerprint density at radius 2 is 2.06 bits per heavy atom. The van der Waals surface area contributed by atoms with Crippen LogP contribution in [0.25, 0.3) is 0 Å². The predicted molar refractivity (Wildman–Crippen MR) is 69.7 cm³/mol. The summed E-state index contributed by atoms with van der Waals surface area (Å²) in [4.78, 5) is 14.1. The number of nitrogens with zero attached hydrogens (tertiary/aromatic N) is 1. The highest BCUT2D eigenvalue weighted by atomic mass is 35.5. The molecule has 1 rings (SSSR count). The summed E-state index contributed by atoms with van der Waals surface area (Å²) in [5.41, 5.74) is 5.54. The van der Waals surface area contributed by atoms with Gasteiger partial charge in [-0.3, -0.25) is 4.79 Å². The molecule has 1 saturated heterocycles. The largest absolute Gasteiger partial charge is 0.339 e. The fourth-order valence-corrected chi connectivity index (χ4v) is 2.30. The molecule has 1 aliphatic rings. The minimum atomic E-state index is -0.0160. The van der Waals surface area contributed by atoms with Gasteiger partial charge in [-0.1, -0.05) is 20.8 Å². The Morgan fingerprint density at radius 3 is 2.56 bits per heavy atom. The first-order valence-corrected chi connectivity index (χ1v) is 6.06. The highest BCUT2D eigenvalue weighted by molar-refractivity contribution is 5.85. The highest BCUT2D eigenvalue weighted by Crippen LogP contribution is 2.24. The van der Waals surface area contributed by atoms with Crippen molar-refractivity contribution in [1.29, 1.82) is 0 Å². The first kappa shape index (κ1) is 15.7. The Balaban J connectivity index is 0.00000225. The summed E-state index contributed by atoms with van der Waals surface area (Å²) in [6.45, 7) is 7.75. The third-order valence-corrected chi connectivity index (χ3v) is 3.18. The van der Waals surface area contributed by atoms with Gasteiger partial charge in [0.2, 0.25) is 5.91 Å². The summed E-state index contributed by atoms with van der Waals surface area (Å²) < 4.78 is 0. The number of nitrogens with two attached hydrogens (primary N) is 1. The van der Waals surface area contributed by atoms with E-state index in [0.717, 1.165) is 19.4 Å². The van der Waals surface area contributed by atoms with Gasteiger partial charge in [0.15, 0.2) is 0 Å². The molecule has 0 aromatic heterocycles. The van der Waals surface area contributed by atoms with Crippen LogP contribution in [-0.2, 0) is 4.79 Å². The molecule has 4 heteroatoms. The second-order valence-electron chi connectivity index (χ2n) is 5.09. The maximum atomic E-state index is 12.0. The number of likely N-dealkylation sites (tertiary alicyclic amines) is 1. The van der Waals surface area contributed by atoms with Crippen molar-refractivity contribution < 1.29 is 4.79 Å². The number of amides is 1. The summed E-state index contributed by atoms with van der Waals surface area (Å²) >= 11 is 0. The molecule has 1 amide bonds. The molecule has 0 aromatic rings. The van der Waals surface area contributed by atoms with Crippen LogP contribution in [0.5, 0.6) is 0 Å². The van der Waals surface area contributed by atoms with Crippen LogP contribution in [0.3, 0.4) is 0 Å². The number of hydrogen-bond acceptors (Lipinski definition) is 2. The van der Waals surface area contributed by atoms with Crippen LogP contribution >= 0.6 is 12.4 Å². The lowest BCUT2D eigenvalue weighted by Gasteiger charge is -2.28. The van der Waals surface area contributed by atoms with Crippen molar-refractivity contribution >= 4 is 18.3 Å². The van der Waals surface area contributed by atoms with E-state index < -0.39 is 0 Å². The van der Waals surface area contributed by atoms with E-state index in [1.54, 1.807) is 0 Å². The van der Waals surface area contributed by atoms with Gasteiger partial charge in [-0.25, -0.2) is 0 Å². The Kier molecular flexibility index (Phi) is 7.00. The second kappa shape index (κ2) is 7.13. The minimum absolute atomic E-state index is 0. The number of hydrogen-bond donors (Lipinski definition) is 1. The summed E-state index contributed by atoms with van der Waals surface area (Å²) in [7, 11) is 0. The van der Waals surface area contributed by atoms with Crippen molar-refractivity contribution in [3.63, 3.8) is 0 Å². The topological polar surface area (TPSA) is 46.3 Å². The molecule has 2 atom stereocenters. The van der Waals surface area contributed by atoms with Crippen molar-refractivity contribution in [2.45, 2.75) is 46.1 Å². The highest BCUT2D eigenvalue weighted by Gasteiger charge is 2.30. The Bertz CT molecular complexity index is 221. The molecule has 0 radical (unpaired) electrons. The van der Waals surface area contributed by atoms with Crippen LogP contribution in [0.15, 0.2) is 0 Å². The van der Waals surface area contributed by atoms with E-state index in [1.165, 1.54) is 6.42 Å².